The van der Waals surface area contributed by atoms with Gasteiger partial charge in [0, 0.05) is 32.1 Å². The Morgan fingerprint density at radius 2 is 1.83 bits per heavy atom. The number of hydrogen-bond acceptors (Lipinski definition) is 2. The summed E-state index contributed by atoms with van der Waals surface area (Å²) in [5, 5.41) is 3.42. The van der Waals surface area contributed by atoms with Crippen molar-refractivity contribution in [2.24, 2.45) is 5.41 Å². The van der Waals surface area contributed by atoms with Crippen LogP contribution in [0.4, 0.5) is 0 Å². The van der Waals surface area contributed by atoms with E-state index in [0.717, 1.165) is 19.6 Å². The third-order valence-corrected chi connectivity index (χ3v) is 5.03. The van der Waals surface area contributed by atoms with E-state index in [1.165, 1.54) is 38.5 Å². The van der Waals surface area contributed by atoms with Gasteiger partial charge in [-0.2, -0.15) is 0 Å². The predicted octanol–water partition coefficient (Wildman–Crippen LogP) is 2.56. The summed E-state index contributed by atoms with van der Waals surface area (Å²) in [5.41, 5.74) is 0.517. The normalized spacial score (nSPS) is 23.1. The van der Waals surface area contributed by atoms with Crippen LogP contribution < -0.4 is 5.32 Å². The monoisotopic (exact) mass is 252 g/mol. The molecule has 1 saturated carbocycles. The van der Waals surface area contributed by atoms with Gasteiger partial charge in [-0.15, -0.1) is 0 Å². The Balaban J connectivity index is 1.69. The van der Waals surface area contributed by atoms with Gasteiger partial charge >= 0.3 is 0 Å². The average molecular weight is 252 g/mol. The van der Waals surface area contributed by atoms with Gasteiger partial charge in [0.15, 0.2) is 0 Å². The van der Waals surface area contributed by atoms with Crippen molar-refractivity contribution in [2.45, 2.75) is 64.8 Å². The lowest BCUT2D eigenvalue weighted by Gasteiger charge is -2.41. The van der Waals surface area contributed by atoms with Gasteiger partial charge in [-0.25, -0.2) is 0 Å². The van der Waals surface area contributed by atoms with Gasteiger partial charge in [0.05, 0.1) is 0 Å². The molecular weight excluding hydrogens is 224 g/mol. The van der Waals surface area contributed by atoms with Crippen LogP contribution in [0.1, 0.15) is 58.8 Å². The summed E-state index contributed by atoms with van der Waals surface area (Å²) in [6, 6.07) is 0.715. The predicted molar refractivity (Wildman–Crippen MR) is 74.5 cm³/mol. The largest absolute Gasteiger partial charge is 0.343 e. The van der Waals surface area contributed by atoms with Crippen LogP contribution in [0.2, 0.25) is 0 Å². The Morgan fingerprint density at radius 3 is 2.33 bits per heavy atom. The molecular formula is C15H28N2O. The Kier molecular flexibility index (Phi) is 4.66. The Bertz CT molecular complexity index is 272. The Morgan fingerprint density at radius 1 is 1.22 bits per heavy atom. The minimum Gasteiger partial charge on any atom is -0.343 e. The van der Waals surface area contributed by atoms with Gasteiger partial charge in [0.25, 0.3) is 0 Å². The fourth-order valence-electron chi connectivity index (χ4n) is 3.02. The zero-order valence-corrected chi connectivity index (χ0v) is 12.0. The molecule has 2 fully saturated rings. The van der Waals surface area contributed by atoms with Crippen LogP contribution in [0.25, 0.3) is 0 Å². The van der Waals surface area contributed by atoms with E-state index in [4.69, 9.17) is 0 Å². The van der Waals surface area contributed by atoms with Crippen molar-refractivity contribution in [1.29, 1.82) is 0 Å². The maximum atomic E-state index is 12.1. The van der Waals surface area contributed by atoms with Crippen molar-refractivity contribution in [1.82, 2.24) is 10.2 Å². The topological polar surface area (TPSA) is 32.3 Å². The van der Waals surface area contributed by atoms with Gasteiger partial charge in [0.1, 0.15) is 0 Å². The fourth-order valence-corrected chi connectivity index (χ4v) is 3.02. The molecule has 18 heavy (non-hydrogen) atoms. The van der Waals surface area contributed by atoms with Gasteiger partial charge < -0.3 is 10.2 Å². The number of piperidine rings is 1. The first-order valence-electron chi connectivity index (χ1n) is 7.70. The number of amides is 1. The SMILES string of the molecule is CCC1(CC)CCN(C(=O)CCNC2CC2)CC1. The van der Waals surface area contributed by atoms with E-state index >= 15 is 0 Å². The summed E-state index contributed by atoms with van der Waals surface area (Å²) in [4.78, 5) is 14.2. The van der Waals surface area contributed by atoms with Gasteiger partial charge in [-0.05, 0) is 31.1 Å². The molecule has 0 aromatic heterocycles. The van der Waals surface area contributed by atoms with Crippen LogP contribution in [-0.4, -0.2) is 36.5 Å². The summed E-state index contributed by atoms with van der Waals surface area (Å²) in [5.74, 6) is 0.351. The lowest BCUT2D eigenvalue weighted by molar-refractivity contribution is -0.133. The summed E-state index contributed by atoms with van der Waals surface area (Å²) in [6.07, 6.45) is 8.19. The van der Waals surface area contributed by atoms with E-state index in [0.29, 0.717) is 23.8 Å². The van der Waals surface area contributed by atoms with Gasteiger partial charge in [-0.3, -0.25) is 4.79 Å². The zero-order valence-electron chi connectivity index (χ0n) is 12.0. The summed E-state index contributed by atoms with van der Waals surface area (Å²) >= 11 is 0. The molecule has 1 heterocycles. The molecule has 3 heteroatoms. The quantitative estimate of drug-likeness (QED) is 0.788. The second-order valence-electron chi connectivity index (χ2n) is 6.07. The number of likely N-dealkylation sites (tertiary alicyclic amines) is 1. The lowest BCUT2D eigenvalue weighted by atomic mass is 9.74. The van der Waals surface area contributed by atoms with Crippen LogP contribution in [0.15, 0.2) is 0 Å². The first-order valence-corrected chi connectivity index (χ1v) is 7.70. The van der Waals surface area contributed by atoms with Crippen molar-refractivity contribution in [3.05, 3.63) is 0 Å². The van der Waals surface area contributed by atoms with E-state index in [2.05, 4.69) is 24.1 Å². The number of carbonyl (C=O) groups excluding carboxylic acids is 1. The smallest absolute Gasteiger partial charge is 0.223 e. The minimum atomic E-state index is 0.351. The highest BCUT2D eigenvalue weighted by atomic mass is 16.2. The molecule has 0 aromatic rings. The van der Waals surface area contributed by atoms with E-state index in [1.54, 1.807) is 0 Å². The molecule has 0 unspecified atom stereocenters. The van der Waals surface area contributed by atoms with E-state index in [1.807, 2.05) is 0 Å². The minimum absolute atomic E-state index is 0.351. The van der Waals surface area contributed by atoms with Crippen molar-refractivity contribution < 1.29 is 4.79 Å². The maximum absolute atomic E-state index is 12.1. The molecule has 1 amide bonds. The molecule has 3 nitrogen and oxygen atoms in total. The first-order chi connectivity index (χ1) is 8.69. The van der Waals surface area contributed by atoms with E-state index in [-0.39, 0.29) is 0 Å². The highest BCUT2D eigenvalue weighted by Gasteiger charge is 2.32. The van der Waals surface area contributed by atoms with Crippen molar-refractivity contribution in [3.63, 3.8) is 0 Å². The molecule has 1 N–H and O–H groups in total. The maximum Gasteiger partial charge on any atom is 0.223 e. The molecule has 0 atom stereocenters. The molecule has 1 aliphatic heterocycles. The van der Waals surface area contributed by atoms with Crippen LogP contribution in [0, 0.1) is 5.41 Å². The molecule has 1 saturated heterocycles. The standard InChI is InChI=1S/C15H28N2O/c1-3-15(4-2)8-11-17(12-9-15)14(18)7-10-16-13-5-6-13/h13,16H,3-12H2,1-2H3. The van der Waals surface area contributed by atoms with Crippen molar-refractivity contribution >= 4 is 5.91 Å². The number of nitrogens with zero attached hydrogens (tertiary/aromatic N) is 1. The number of carbonyl (C=O) groups is 1. The molecule has 2 aliphatic rings. The van der Waals surface area contributed by atoms with Gasteiger partial charge in [0.2, 0.25) is 5.91 Å². The Hall–Kier alpha value is -0.570. The van der Waals surface area contributed by atoms with Crippen LogP contribution in [0.3, 0.4) is 0 Å². The third kappa shape index (κ3) is 3.47. The molecule has 104 valence electrons. The molecule has 0 radical (unpaired) electrons. The summed E-state index contributed by atoms with van der Waals surface area (Å²) in [7, 11) is 0. The van der Waals surface area contributed by atoms with E-state index in [9.17, 15) is 4.79 Å². The molecule has 0 spiro atoms. The highest BCUT2D eigenvalue weighted by molar-refractivity contribution is 5.76. The highest BCUT2D eigenvalue weighted by Crippen LogP contribution is 2.37. The third-order valence-electron chi connectivity index (χ3n) is 5.03. The molecule has 1 aliphatic carbocycles. The first kappa shape index (κ1) is 13.9. The molecule has 0 aromatic carbocycles. The summed E-state index contributed by atoms with van der Waals surface area (Å²) in [6.45, 7) is 7.40. The van der Waals surface area contributed by atoms with Crippen molar-refractivity contribution in [2.75, 3.05) is 19.6 Å². The molecule has 0 bridgehead atoms. The number of rotatable bonds is 6. The average Bonchev–Trinajstić information content (AvgIpc) is 3.23. The fraction of sp³-hybridized carbons (Fsp3) is 0.933. The lowest BCUT2D eigenvalue weighted by Crippen LogP contribution is -2.43. The Labute approximate surface area is 111 Å². The van der Waals surface area contributed by atoms with Crippen molar-refractivity contribution in [3.8, 4) is 0 Å². The van der Waals surface area contributed by atoms with Crippen LogP contribution in [-0.2, 0) is 4.79 Å². The number of hydrogen-bond donors (Lipinski definition) is 1. The second kappa shape index (κ2) is 6.05. The zero-order chi connectivity index (χ0) is 13.0. The van der Waals surface area contributed by atoms with Gasteiger partial charge in [-0.1, -0.05) is 26.7 Å². The van der Waals surface area contributed by atoms with Crippen LogP contribution in [0.5, 0.6) is 0 Å². The summed E-state index contributed by atoms with van der Waals surface area (Å²) < 4.78 is 0. The number of nitrogens with one attached hydrogen (secondary N) is 1. The van der Waals surface area contributed by atoms with Crippen LogP contribution >= 0.6 is 0 Å². The molecule has 2 rings (SSSR count). The second-order valence-corrected chi connectivity index (χ2v) is 6.07. The van der Waals surface area contributed by atoms with E-state index < -0.39 is 0 Å².